The van der Waals surface area contributed by atoms with Crippen molar-refractivity contribution in [1.82, 2.24) is 10.2 Å². The van der Waals surface area contributed by atoms with Crippen molar-refractivity contribution in [3.05, 3.63) is 0 Å². The van der Waals surface area contributed by atoms with Crippen LogP contribution in [-0.2, 0) is 4.79 Å². The van der Waals surface area contributed by atoms with Gasteiger partial charge in [-0.05, 0) is 13.5 Å². The lowest BCUT2D eigenvalue weighted by atomic mass is 10.0. The number of aliphatic hydroxyl groups is 1. The molecule has 1 heterocycles. The molecule has 1 aliphatic heterocycles. The van der Waals surface area contributed by atoms with Crippen molar-refractivity contribution in [3.8, 4) is 0 Å². The minimum absolute atomic E-state index is 0.0163. The number of hydrogen-bond acceptors (Lipinski definition) is 4. The van der Waals surface area contributed by atoms with Crippen LogP contribution in [-0.4, -0.2) is 55.1 Å². The minimum Gasteiger partial charge on any atom is -0.396 e. The normalized spacial score (nSPS) is 23.7. The van der Waals surface area contributed by atoms with Crippen molar-refractivity contribution < 1.29 is 9.90 Å². The molecule has 1 atom stereocenters. The molecule has 82 valence electrons. The predicted octanol–water partition coefficient (Wildman–Crippen LogP) is -0.378. The van der Waals surface area contributed by atoms with Gasteiger partial charge in [-0.1, -0.05) is 0 Å². The van der Waals surface area contributed by atoms with Crippen LogP contribution in [0.1, 0.15) is 19.3 Å². The minimum atomic E-state index is -0.0163. The summed E-state index contributed by atoms with van der Waals surface area (Å²) in [7, 11) is 2.10. The Bertz CT molecular complexity index is 185. The second kappa shape index (κ2) is 6.11. The summed E-state index contributed by atoms with van der Waals surface area (Å²) in [6.07, 6.45) is 1.81. The fraction of sp³-hybridized carbons (Fsp3) is 0.900. The standard InChI is InChI=1S/C10H20N2O2/c1-12-6-5-11-8-9(12)2-3-10(14)4-7-13/h9,11,13H,2-8H2,1H3. The average Bonchev–Trinajstić information content (AvgIpc) is 2.17. The molecule has 1 fully saturated rings. The van der Waals surface area contributed by atoms with Crippen molar-refractivity contribution in [2.24, 2.45) is 0 Å². The van der Waals surface area contributed by atoms with Gasteiger partial charge in [-0.25, -0.2) is 0 Å². The number of nitrogens with one attached hydrogen (secondary N) is 1. The molecule has 0 saturated carbocycles. The van der Waals surface area contributed by atoms with E-state index in [1.54, 1.807) is 0 Å². The van der Waals surface area contributed by atoms with Crippen LogP contribution in [0.15, 0.2) is 0 Å². The van der Waals surface area contributed by atoms with Gasteiger partial charge in [0.2, 0.25) is 0 Å². The van der Waals surface area contributed by atoms with Gasteiger partial charge in [0.05, 0.1) is 0 Å². The van der Waals surface area contributed by atoms with Crippen LogP contribution in [0.4, 0.5) is 0 Å². The molecule has 0 radical (unpaired) electrons. The highest BCUT2D eigenvalue weighted by Crippen LogP contribution is 2.08. The Morgan fingerprint density at radius 1 is 1.57 bits per heavy atom. The molecule has 0 aromatic heterocycles. The van der Waals surface area contributed by atoms with E-state index < -0.39 is 0 Å². The third kappa shape index (κ3) is 3.74. The van der Waals surface area contributed by atoms with E-state index in [9.17, 15) is 4.79 Å². The first-order chi connectivity index (χ1) is 6.74. The summed E-state index contributed by atoms with van der Waals surface area (Å²) < 4.78 is 0. The third-order valence-electron chi connectivity index (χ3n) is 2.79. The lowest BCUT2D eigenvalue weighted by Gasteiger charge is -2.32. The highest BCUT2D eigenvalue weighted by molar-refractivity contribution is 5.78. The molecule has 0 aromatic carbocycles. The Balaban J connectivity index is 2.19. The molecule has 0 aromatic rings. The van der Waals surface area contributed by atoms with Crippen LogP contribution in [0.3, 0.4) is 0 Å². The van der Waals surface area contributed by atoms with Crippen LogP contribution in [0.5, 0.6) is 0 Å². The molecule has 2 N–H and O–H groups in total. The monoisotopic (exact) mass is 200 g/mol. The number of aliphatic hydroxyl groups excluding tert-OH is 1. The van der Waals surface area contributed by atoms with Crippen LogP contribution >= 0.6 is 0 Å². The zero-order valence-corrected chi connectivity index (χ0v) is 8.83. The van der Waals surface area contributed by atoms with Crippen molar-refractivity contribution in [1.29, 1.82) is 0 Å². The van der Waals surface area contributed by atoms with Crippen LogP contribution in [0.2, 0.25) is 0 Å². The van der Waals surface area contributed by atoms with E-state index in [2.05, 4.69) is 17.3 Å². The average molecular weight is 200 g/mol. The largest absolute Gasteiger partial charge is 0.396 e. The van der Waals surface area contributed by atoms with Gasteiger partial charge in [0.1, 0.15) is 5.78 Å². The number of carbonyl (C=O) groups is 1. The summed E-state index contributed by atoms with van der Waals surface area (Å²) in [5.74, 6) is 0.173. The highest BCUT2D eigenvalue weighted by atomic mass is 16.3. The number of piperazine rings is 1. The Labute approximate surface area is 85.3 Å². The van der Waals surface area contributed by atoms with E-state index >= 15 is 0 Å². The molecule has 1 saturated heterocycles. The van der Waals surface area contributed by atoms with E-state index in [1.807, 2.05) is 0 Å². The van der Waals surface area contributed by atoms with Crippen molar-refractivity contribution in [3.63, 3.8) is 0 Å². The Morgan fingerprint density at radius 2 is 2.36 bits per heavy atom. The summed E-state index contributed by atoms with van der Waals surface area (Å²) in [4.78, 5) is 13.5. The maximum Gasteiger partial charge on any atom is 0.135 e. The fourth-order valence-electron chi connectivity index (χ4n) is 1.76. The maximum atomic E-state index is 11.2. The first-order valence-corrected chi connectivity index (χ1v) is 5.27. The highest BCUT2D eigenvalue weighted by Gasteiger charge is 2.18. The SMILES string of the molecule is CN1CCNCC1CCC(=O)CCO. The number of nitrogens with zero attached hydrogens (tertiary/aromatic N) is 1. The molecule has 14 heavy (non-hydrogen) atoms. The molecule has 1 unspecified atom stereocenters. The van der Waals surface area contributed by atoms with Crippen LogP contribution < -0.4 is 5.32 Å². The summed E-state index contributed by atoms with van der Waals surface area (Å²) >= 11 is 0. The number of likely N-dealkylation sites (N-methyl/N-ethyl adjacent to an activating group) is 1. The van der Waals surface area contributed by atoms with Gasteiger partial charge in [0.15, 0.2) is 0 Å². The molecule has 1 aliphatic rings. The Hall–Kier alpha value is -0.450. The first kappa shape index (κ1) is 11.6. The van der Waals surface area contributed by atoms with Gasteiger partial charge in [0.25, 0.3) is 0 Å². The van der Waals surface area contributed by atoms with Gasteiger partial charge in [-0.3, -0.25) is 4.79 Å². The molecule has 0 bridgehead atoms. The topological polar surface area (TPSA) is 52.6 Å². The van der Waals surface area contributed by atoms with E-state index in [0.717, 1.165) is 26.1 Å². The Kier molecular flexibility index (Phi) is 5.07. The molecular formula is C10H20N2O2. The van der Waals surface area contributed by atoms with E-state index in [4.69, 9.17) is 5.11 Å². The second-order valence-corrected chi connectivity index (χ2v) is 3.89. The van der Waals surface area contributed by atoms with E-state index in [1.165, 1.54) is 0 Å². The Morgan fingerprint density at radius 3 is 3.00 bits per heavy atom. The van der Waals surface area contributed by atoms with E-state index in [-0.39, 0.29) is 12.4 Å². The third-order valence-corrected chi connectivity index (χ3v) is 2.79. The number of carbonyl (C=O) groups excluding carboxylic acids is 1. The molecular weight excluding hydrogens is 180 g/mol. The van der Waals surface area contributed by atoms with Gasteiger partial charge >= 0.3 is 0 Å². The number of ketones is 1. The molecule has 4 heteroatoms. The number of hydrogen-bond donors (Lipinski definition) is 2. The first-order valence-electron chi connectivity index (χ1n) is 5.27. The lowest BCUT2D eigenvalue weighted by molar-refractivity contribution is -0.120. The van der Waals surface area contributed by atoms with Crippen LogP contribution in [0.25, 0.3) is 0 Å². The quantitative estimate of drug-likeness (QED) is 0.635. The predicted molar refractivity (Wildman–Crippen MR) is 55.2 cm³/mol. The summed E-state index contributed by atoms with van der Waals surface area (Å²) in [6, 6.07) is 0.478. The molecule has 0 spiro atoms. The zero-order chi connectivity index (χ0) is 10.4. The summed E-state index contributed by atoms with van der Waals surface area (Å²) in [6.45, 7) is 3.05. The summed E-state index contributed by atoms with van der Waals surface area (Å²) in [5, 5.41) is 11.9. The second-order valence-electron chi connectivity index (χ2n) is 3.89. The van der Waals surface area contributed by atoms with Gasteiger partial charge in [0, 0.05) is 45.1 Å². The lowest BCUT2D eigenvalue weighted by Crippen LogP contribution is -2.49. The fourth-order valence-corrected chi connectivity index (χ4v) is 1.76. The number of rotatable bonds is 5. The van der Waals surface area contributed by atoms with Crippen molar-refractivity contribution in [2.45, 2.75) is 25.3 Å². The van der Waals surface area contributed by atoms with Crippen molar-refractivity contribution in [2.75, 3.05) is 33.3 Å². The van der Waals surface area contributed by atoms with Gasteiger partial charge in [-0.2, -0.15) is 0 Å². The van der Waals surface area contributed by atoms with Crippen LogP contribution in [0, 0.1) is 0 Å². The molecule has 0 amide bonds. The summed E-state index contributed by atoms with van der Waals surface area (Å²) in [5.41, 5.74) is 0. The van der Waals surface area contributed by atoms with Gasteiger partial charge in [-0.15, -0.1) is 0 Å². The smallest absolute Gasteiger partial charge is 0.135 e. The molecule has 4 nitrogen and oxygen atoms in total. The van der Waals surface area contributed by atoms with Crippen molar-refractivity contribution >= 4 is 5.78 Å². The number of Topliss-reactive ketones (excluding diaryl/α,β-unsaturated/α-hetero) is 1. The zero-order valence-electron chi connectivity index (χ0n) is 8.83. The maximum absolute atomic E-state index is 11.2. The van der Waals surface area contributed by atoms with Gasteiger partial charge < -0.3 is 15.3 Å². The molecule has 0 aliphatic carbocycles. The molecule has 1 rings (SSSR count). The van der Waals surface area contributed by atoms with E-state index in [0.29, 0.717) is 18.9 Å².